The highest BCUT2D eigenvalue weighted by Crippen LogP contribution is 2.31. The Hall–Kier alpha value is -3.66. The van der Waals surface area contributed by atoms with Gasteiger partial charge in [0.1, 0.15) is 0 Å². The van der Waals surface area contributed by atoms with Crippen LogP contribution in [0, 0.1) is 13.8 Å². The van der Waals surface area contributed by atoms with Gasteiger partial charge in [-0.1, -0.05) is 91.0 Å². The molecule has 4 nitrogen and oxygen atoms in total. The maximum atomic E-state index is 13.3. The van der Waals surface area contributed by atoms with E-state index in [1.165, 1.54) is 11.1 Å². The number of hydrogen-bond donors (Lipinski definition) is 1. The zero-order valence-corrected chi connectivity index (χ0v) is 18.9. The van der Waals surface area contributed by atoms with Gasteiger partial charge in [0, 0.05) is 17.7 Å². The summed E-state index contributed by atoms with van der Waals surface area (Å²) in [5, 5.41) is 7.85. The first-order valence-corrected chi connectivity index (χ1v) is 11.0. The molecule has 3 aromatic carbocycles. The quantitative estimate of drug-likeness (QED) is 0.439. The third-order valence-corrected chi connectivity index (χ3v) is 6.21. The average Bonchev–Trinajstić information content (AvgIpc) is 3.11. The summed E-state index contributed by atoms with van der Waals surface area (Å²) in [6.45, 7) is 7.17. The van der Waals surface area contributed by atoms with Crippen molar-refractivity contribution in [2.45, 2.75) is 32.7 Å². The topological polar surface area (TPSA) is 46.9 Å². The molecule has 1 N–H and O–H groups in total. The SMILES string of the molecule is Cc1nn(Cc2ccccc2)c(C)c1C(=O)NCC(C)(c1ccccc1)c1ccccc1. The highest BCUT2D eigenvalue weighted by molar-refractivity contribution is 5.96. The minimum Gasteiger partial charge on any atom is -0.351 e. The van der Waals surface area contributed by atoms with Crippen LogP contribution in [0.4, 0.5) is 0 Å². The first kappa shape index (κ1) is 21.6. The van der Waals surface area contributed by atoms with Crippen molar-refractivity contribution in [2.24, 2.45) is 0 Å². The van der Waals surface area contributed by atoms with E-state index >= 15 is 0 Å². The van der Waals surface area contributed by atoms with Crippen LogP contribution in [-0.4, -0.2) is 22.2 Å². The Morgan fingerprint density at radius 1 is 0.844 bits per heavy atom. The molecule has 1 heterocycles. The molecular weight excluding hydrogens is 394 g/mol. The number of amides is 1. The summed E-state index contributed by atoms with van der Waals surface area (Å²) in [5.41, 5.74) is 5.43. The number of aromatic nitrogens is 2. The second-order valence-corrected chi connectivity index (χ2v) is 8.44. The third kappa shape index (κ3) is 4.35. The van der Waals surface area contributed by atoms with Crippen LogP contribution in [0.3, 0.4) is 0 Å². The molecule has 0 aliphatic heterocycles. The predicted molar refractivity (Wildman–Crippen MR) is 129 cm³/mol. The van der Waals surface area contributed by atoms with E-state index in [0.29, 0.717) is 18.7 Å². The smallest absolute Gasteiger partial charge is 0.255 e. The van der Waals surface area contributed by atoms with Crippen molar-refractivity contribution in [2.75, 3.05) is 6.54 Å². The Balaban J connectivity index is 1.58. The van der Waals surface area contributed by atoms with Crippen LogP contribution in [0.25, 0.3) is 0 Å². The Labute approximate surface area is 189 Å². The van der Waals surface area contributed by atoms with Crippen LogP contribution in [0.5, 0.6) is 0 Å². The molecule has 0 radical (unpaired) electrons. The van der Waals surface area contributed by atoms with E-state index in [0.717, 1.165) is 17.0 Å². The van der Waals surface area contributed by atoms with E-state index in [9.17, 15) is 4.79 Å². The summed E-state index contributed by atoms with van der Waals surface area (Å²) >= 11 is 0. The first-order valence-electron chi connectivity index (χ1n) is 11.0. The van der Waals surface area contributed by atoms with Gasteiger partial charge in [-0.2, -0.15) is 5.10 Å². The number of rotatable bonds is 7. The molecular formula is C28H29N3O. The minimum absolute atomic E-state index is 0.0857. The Kier molecular flexibility index (Phi) is 6.22. The van der Waals surface area contributed by atoms with Gasteiger partial charge >= 0.3 is 0 Å². The second-order valence-electron chi connectivity index (χ2n) is 8.44. The number of hydrogen-bond acceptors (Lipinski definition) is 2. The van der Waals surface area contributed by atoms with Gasteiger partial charge in [-0.15, -0.1) is 0 Å². The molecule has 162 valence electrons. The van der Waals surface area contributed by atoms with Gasteiger partial charge in [-0.25, -0.2) is 0 Å². The first-order chi connectivity index (χ1) is 15.5. The molecule has 0 saturated heterocycles. The molecule has 4 aromatic rings. The fourth-order valence-electron chi connectivity index (χ4n) is 4.26. The van der Waals surface area contributed by atoms with E-state index < -0.39 is 0 Å². The molecule has 1 amide bonds. The number of nitrogens with one attached hydrogen (secondary N) is 1. The van der Waals surface area contributed by atoms with Crippen molar-refractivity contribution in [3.05, 3.63) is 125 Å². The van der Waals surface area contributed by atoms with E-state index in [1.54, 1.807) is 0 Å². The lowest BCUT2D eigenvalue weighted by Crippen LogP contribution is -2.40. The highest BCUT2D eigenvalue weighted by atomic mass is 16.1. The molecule has 0 aliphatic carbocycles. The molecule has 0 atom stereocenters. The number of benzene rings is 3. The third-order valence-electron chi connectivity index (χ3n) is 6.21. The van der Waals surface area contributed by atoms with Crippen molar-refractivity contribution >= 4 is 5.91 Å². The van der Waals surface area contributed by atoms with Gasteiger partial charge in [0.05, 0.1) is 17.8 Å². The predicted octanol–water partition coefficient (Wildman–Crippen LogP) is 5.28. The summed E-state index contributed by atoms with van der Waals surface area (Å²) in [4.78, 5) is 13.3. The average molecular weight is 424 g/mol. The van der Waals surface area contributed by atoms with Gasteiger partial charge in [0.25, 0.3) is 5.91 Å². The van der Waals surface area contributed by atoms with E-state index in [4.69, 9.17) is 0 Å². The van der Waals surface area contributed by atoms with E-state index in [1.807, 2.05) is 73.1 Å². The van der Waals surface area contributed by atoms with Crippen molar-refractivity contribution in [1.29, 1.82) is 0 Å². The lowest BCUT2D eigenvalue weighted by molar-refractivity contribution is 0.0946. The molecule has 1 aromatic heterocycles. The van der Waals surface area contributed by atoms with Gasteiger partial charge in [-0.3, -0.25) is 9.48 Å². The molecule has 0 bridgehead atoms. The molecule has 0 unspecified atom stereocenters. The summed E-state index contributed by atoms with van der Waals surface area (Å²) in [6.07, 6.45) is 0. The zero-order chi connectivity index (χ0) is 22.6. The van der Waals surface area contributed by atoms with Crippen molar-refractivity contribution in [3.8, 4) is 0 Å². The summed E-state index contributed by atoms with van der Waals surface area (Å²) in [7, 11) is 0. The van der Waals surface area contributed by atoms with Crippen LogP contribution >= 0.6 is 0 Å². The fourth-order valence-corrected chi connectivity index (χ4v) is 4.26. The Morgan fingerprint density at radius 3 is 1.88 bits per heavy atom. The lowest BCUT2D eigenvalue weighted by atomic mass is 9.76. The van der Waals surface area contributed by atoms with Crippen LogP contribution in [0.1, 0.15) is 45.4 Å². The standard InChI is InChI=1S/C28H29N3O/c1-21-26(22(2)31(30-21)19-23-13-7-4-8-14-23)27(32)29-20-28(3,24-15-9-5-10-16-24)25-17-11-6-12-18-25/h4-18H,19-20H2,1-3H3,(H,29,32). The number of nitrogens with zero attached hydrogens (tertiary/aromatic N) is 2. The van der Waals surface area contributed by atoms with E-state index in [-0.39, 0.29) is 11.3 Å². The second kappa shape index (κ2) is 9.23. The zero-order valence-electron chi connectivity index (χ0n) is 18.9. The molecule has 0 aliphatic rings. The van der Waals surface area contributed by atoms with Crippen LogP contribution < -0.4 is 5.32 Å². The van der Waals surface area contributed by atoms with E-state index in [2.05, 4.69) is 53.7 Å². The number of carbonyl (C=O) groups excluding carboxylic acids is 1. The van der Waals surface area contributed by atoms with Gasteiger partial charge < -0.3 is 5.32 Å². The van der Waals surface area contributed by atoms with Gasteiger partial charge in [0.2, 0.25) is 0 Å². The Bertz CT molecular complexity index is 1140. The number of carbonyl (C=O) groups is 1. The lowest BCUT2D eigenvalue weighted by Gasteiger charge is -2.31. The summed E-state index contributed by atoms with van der Waals surface area (Å²) < 4.78 is 1.91. The van der Waals surface area contributed by atoms with Crippen molar-refractivity contribution in [3.63, 3.8) is 0 Å². The van der Waals surface area contributed by atoms with Crippen LogP contribution in [0.15, 0.2) is 91.0 Å². The molecule has 4 rings (SSSR count). The van der Waals surface area contributed by atoms with Crippen molar-refractivity contribution in [1.82, 2.24) is 15.1 Å². The molecule has 32 heavy (non-hydrogen) atoms. The maximum absolute atomic E-state index is 13.3. The molecule has 0 fully saturated rings. The maximum Gasteiger partial charge on any atom is 0.255 e. The molecule has 0 saturated carbocycles. The normalized spacial score (nSPS) is 11.3. The van der Waals surface area contributed by atoms with Crippen molar-refractivity contribution < 1.29 is 4.79 Å². The largest absolute Gasteiger partial charge is 0.351 e. The molecule has 4 heteroatoms. The molecule has 0 spiro atoms. The number of aryl methyl sites for hydroxylation is 1. The highest BCUT2D eigenvalue weighted by Gasteiger charge is 2.30. The minimum atomic E-state index is -0.347. The van der Waals surface area contributed by atoms with Gasteiger partial charge in [0.15, 0.2) is 0 Å². The summed E-state index contributed by atoms with van der Waals surface area (Å²) in [6, 6.07) is 30.8. The Morgan fingerprint density at radius 2 is 1.34 bits per heavy atom. The van der Waals surface area contributed by atoms with Crippen LogP contribution in [-0.2, 0) is 12.0 Å². The van der Waals surface area contributed by atoms with Crippen LogP contribution in [0.2, 0.25) is 0 Å². The fraction of sp³-hybridized carbons (Fsp3) is 0.214. The summed E-state index contributed by atoms with van der Waals surface area (Å²) in [5.74, 6) is -0.0857. The monoisotopic (exact) mass is 423 g/mol. The van der Waals surface area contributed by atoms with Gasteiger partial charge in [-0.05, 0) is 37.5 Å².